The third kappa shape index (κ3) is 1.61. The number of nitrogens with one attached hydrogen (secondary N) is 1. The number of hydrazine groups is 1. The van der Waals surface area contributed by atoms with Crippen LogP contribution < -0.4 is 11.3 Å². The van der Waals surface area contributed by atoms with Crippen molar-refractivity contribution in [3.05, 3.63) is 35.1 Å². The molecular formula is C16H21FN2. The van der Waals surface area contributed by atoms with Crippen molar-refractivity contribution in [2.45, 2.75) is 32.2 Å². The number of aryl methyl sites for hydroxylation is 1. The standard InChI is InChI=1S/C16H21FN2/c1-8-2-5-12(17)11(6-8)16(19-18)15-13-9-3-4-10(7-9)14(13)15/h2,5-6,9-10,13-16,19H,3-4,7,18H2,1H3. The lowest BCUT2D eigenvalue weighted by Gasteiger charge is -2.21. The lowest BCUT2D eigenvalue weighted by atomic mass is 9.92. The van der Waals surface area contributed by atoms with E-state index in [0.29, 0.717) is 5.92 Å². The highest BCUT2D eigenvalue weighted by atomic mass is 19.1. The molecule has 3 saturated carbocycles. The van der Waals surface area contributed by atoms with Gasteiger partial charge in [0.2, 0.25) is 0 Å². The summed E-state index contributed by atoms with van der Waals surface area (Å²) < 4.78 is 14.1. The second-order valence-corrected chi connectivity index (χ2v) is 6.73. The molecule has 1 aromatic rings. The summed E-state index contributed by atoms with van der Waals surface area (Å²) in [6, 6.07) is 5.35. The van der Waals surface area contributed by atoms with Crippen molar-refractivity contribution in [3.8, 4) is 0 Å². The highest BCUT2D eigenvalue weighted by Gasteiger charge is 2.66. The fourth-order valence-corrected chi connectivity index (χ4v) is 5.15. The molecule has 2 nitrogen and oxygen atoms in total. The van der Waals surface area contributed by atoms with Gasteiger partial charge in [0.25, 0.3) is 0 Å². The largest absolute Gasteiger partial charge is 0.271 e. The minimum absolute atomic E-state index is 0.00157. The molecule has 3 heteroatoms. The SMILES string of the molecule is Cc1ccc(F)c(C(NN)C2C3C4CCC(C4)C32)c1. The summed E-state index contributed by atoms with van der Waals surface area (Å²) in [4.78, 5) is 0. The van der Waals surface area contributed by atoms with Crippen molar-refractivity contribution in [2.75, 3.05) is 0 Å². The maximum absolute atomic E-state index is 14.1. The molecule has 3 fully saturated rings. The second-order valence-electron chi connectivity index (χ2n) is 6.73. The zero-order valence-electron chi connectivity index (χ0n) is 11.3. The first-order valence-electron chi connectivity index (χ1n) is 7.43. The predicted octanol–water partition coefficient (Wildman–Crippen LogP) is 2.93. The Balaban J connectivity index is 1.64. The zero-order chi connectivity index (χ0) is 13.1. The number of nitrogens with two attached hydrogens (primary N) is 1. The van der Waals surface area contributed by atoms with E-state index in [1.165, 1.54) is 19.3 Å². The van der Waals surface area contributed by atoms with Gasteiger partial charge in [0.05, 0.1) is 6.04 Å². The first-order chi connectivity index (χ1) is 9.20. The number of benzene rings is 1. The van der Waals surface area contributed by atoms with Gasteiger partial charge in [-0.1, -0.05) is 17.7 Å². The molecule has 0 aromatic heterocycles. The lowest BCUT2D eigenvalue weighted by molar-refractivity contribution is 0.365. The van der Waals surface area contributed by atoms with Crippen molar-refractivity contribution in [1.29, 1.82) is 0 Å². The molecule has 0 spiro atoms. The van der Waals surface area contributed by atoms with Gasteiger partial charge in [-0.25, -0.2) is 4.39 Å². The summed E-state index contributed by atoms with van der Waals surface area (Å²) in [5.41, 5.74) is 4.77. The molecule has 5 unspecified atom stereocenters. The van der Waals surface area contributed by atoms with Crippen molar-refractivity contribution >= 4 is 0 Å². The Morgan fingerprint density at radius 1 is 1.26 bits per heavy atom. The molecule has 0 radical (unpaired) electrons. The summed E-state index contributed by atoms with van der Waals surface area (Å²) in [6.07, 6.45) is 4.19. The van der Waals surface area contributed by atoms with Crippen LogP contribution in [0.2, 0.25) is 0 Å². The van der Waals surface area contributed by atoms with Gasteiger partial charge in [0, 0.05) is 5.56 Å². The third-order valence-electron chi connectivity index (χ3n) is 5.85. The normalized spacial score (nSPS) is 40.3. The monoisotopic (exact) mass is 260 g/mol. The predicted molar refractivity (Wildman–Crippen MR) is 72.5 cm³/mol. The summed E-state index contributed by atoms with van der Waals surface area (Å²) in [5.74, 6) is 9.60. The highest BCUT2D eigenvalue weighted by molar-refractivity contribution is 5.30. The van der Waals surface area contributed by atoms with Gasteiger partial charge in [-0.05, 0) is 61.8 Å². The molecule has 0 amide bonds. The van der Waals surface area contributed by atoms with Crippen LogP contribution in [0.1, 0.15) is 36.4 Å². The van der Waals surface area contributed by atoms with Gasteiger partial charge in [-0.15, -0.1) is 0 Å². The average Bonchev–Trinajstić information content (AvgIpc) is 2.82. The minimum Gasteiger partial charge on any atom is -0.271 e. The van der Waals surface area contributed by atoms with Crippen LogP contribution in [0, 0.1) is 42.3 Å². The summed E-state index contributed by atoms with van der Waals surface area (Å²) in [6.45, 7) is 2.01. The molecular weight excluding hydrogens is 239 g/mol. The maximum atomic E-state index is 14.1. The Hall–Kier alpha value is -0.930. The summed E-state index contributed by atoms with van der Waals surface area (Å²) in [5, 5.41) is 0. The van der Waals surface area contributed by atoms with E-state index in [1.54, 1.807) is 6.07 Å². The number of halogens is 1. The van der Waals surface area contributed by atoms with Crippen molar-refractivity contribution in [3.63, 3.8) is 0 Å². The van der Waals surface area contributed by atoms with E-state index in [0.717, 1.165) is 34.8 Å². The number of hydrogen-bond donors (Lipinski definition) is 2. The third-order valence-corrected chi connectivity index (χ3v) is 5.85. The molecule has 3 N–H and O–H groups in total. The topological polar surface area (TPSA) is 38.0 Å². The minimum atomic E-state index is -0.120. The van der Waals surface area contributed by atoms with E-state index in [1.807, 2.05) is 19.1 Å². The van der Waals surface area contributed by atoms with Gasteiger partial charge >= 0.3 is 0 Å². The average molecular weight is 260 g/mol. The molecule has 0 aliphatic heterocycles. The fraction of sp³-hybridized carbons (Fsp3) is 0.625. The molecule has 3 aliphatic carbocycles. The number of rotatable bonds is 3. The lowest BCUT2D eigenvalue weighted by Crippen LogP contribution is -2.32. The highest BCUT2D eigenvalue weighted by Crippen LogP contribution is 2.72. The van der Waals surface area contributed by atoms with Crippen LogP contribution in [0.25, 0.3) is 0 Å². The van der Waals surface area contributed by atoms with E-state index >= 15 is 0 Å². The van der Waals surface area contributed by atoms with Gasteiger partial charge in [0.15, 0.2) is 0 Å². The van der Waals surface area contributed by atoms with Crippen LogP contribution in [0.4, 0.5) is 4.39 Å². The van der Waals surface area contributed by atoms with Gasteiger partial charge in [0.1, 0.15) is 5.82 Å². The Labute approximate surface area is 113 Å². The first-order valence-corrected chi connectivity index (χ1v) is 7.43. The van der Waals surface area contributed by atoms with Gasteiger partial charge in [-0.2, -0.15) is 0 Å². The Morgan fingerprint density at radius 2 is 1.95 bits per heavy atom. The van der Waals surface area contributed by atoms with Crippen LogP contribution in [0.3, 0.4) is 0 Å². The molecule has 0 saturated heterocycles. The zero-order valence-corrected chi connectivity index (χ0v) is 11.3. The molecule has 19 heavy (non-hydrogen) atoms. The van der Waals surface area contributed by atoms with Crippen LogP contribution in [0.15, 0.2) is 18.2 Å². The van der Waals surface area contributed by atoms with Crippen LogP contribution in [-0.2, 0) is 0 Å². The first kappa shape index (κ1) is 11.9. The molecule has 102 valence electrons. The molecule has 3 aliphatic rings. The quantitative estimate of drug-likeness (QED) is 0.648. The summed E-state index contributed by atoms with van der Waals surface area (Å²) in [7, 11) is 0. The van der Waals surface area contributed by atoms with Gasteiger partial charge in [-0.3, -0.25) is 11.3 Å². The second kappa shape index (κ2) is 4.03. The summed E-state index contributed by atoms with van der Waals surface area (Å²) >= 11 is 0. The van der Waals surface area contributed by atoms with E-state index < -0.39 is 0 Å². The molecule has 1 aromatic carbocycles. The Kier molecular flexibility index (Phi) is 2.52. The van der Waals surface area contributed by atoms with Gasteiger partial charge < -0.3 is 0 Å². The van der Waals surface area contributed by atoms with Crippen LogP contribution >= 0.6 is 0 Å². The molecule has 2 bridgehead atoms. The van der Waals surface area contributed by atoms with E-state index in [4.69, 9.17) is 5.84 Å². The van der Waals surface area contributed by atoms with Crippen molar-refractivity contribution in [1.82, 2.24) is 5.43 Å². The number of fused-ring (bicyclic) bond motifs is 5. The molecule has 5 atom stereocenters. The molecule has 4 rings (SSSR count). The van der Waals surface area contributed by atoms with Crippen molar-refractivity contribution in [2.24, 2.45) is 35.4 Å². The van der Waals surface area contributed by atoms with Crippen LogP contribution in [-0.4, -0.2) is 0 Å². The van der Waals surface area contributed by atoms with E-state index in [9.17, 15) is 4.39 Å². The Morgan fingerprint density at radius 3 is 2.58 bits per heavy atom. The van der Waals surface area contributed by atoms with Crippen molar-refractivity contribution < 1.29 is 4.39 Å². The Bertz CT molecular complexity index is 499. The fourth-order valence-electron chi connectivity index (χ4n) is 5.15. The van der Waals surface area contributed by atoms with E-state index in [2.05, 4.69) is 5.43 Å². The maximum Gasteiger partial charge on any atom is 0.128 e. The smallest absolute Gasteiger partial charge is 0.128 e. The van der Waals surface area contributed by atoms with E-state index in [-0.39, 0.29) is 11.9 Å². The van der Waals surface area contributed by atoms with Crippen LogP contribution in [0.5, 0.6) is 0 Å². The molecule has 0 heterocycles. The number of hydrogen-bond acceptors (Lipinski definition) is 2.